The van der Waals surface area contributed by atoms with Crippen molar-refractivity contribution in [1.29, 1.82) is 0 Å². The van der Waals surface area contributed by atoms with Crippen LogP contribution < -0.4 is 36.8 Å². The number of hydrogen-bond acceptors (Lipinski definition) is 8. The van der Waals surface area contributed by atoms with Crippen LogP contribution in [0, 0.1) is 0 Å². The van der Waals surface area contributed by atoms with E-state index in [2.05, 4.69) is 31.1 Å². The van der Waals surface area contributed by atoms with E-state index in [1.165, 1.54) is 0 Å². The maximum absolute atomic E-state index is 13.2. The molecule has 148 valence electrons. The van der Waals surface area contributed by atoms with Crippen LogP contribution in [0.25, 0.3) is 0 Å². The van der Waals surface area contributed by atoms with Crippen molar-refractivity contribution in [3.05, 3.63) is 48.6 Å². The molecule has 11 heteroatoms. The van der Waals surface area contributed by atoms with E-state index in [0.717, 1.165) is 30.9 Å². The zero-order chi connectivity index (χ0) is 20.0. The fraction of sp³-hybridized carbons (Fsp3) is 0.222. The highest BCUT2D eigenvalue weighted by molar-refractivity contribution is 6.05. The molecule has 0 saturated carbocycles. The van der Waals surface area contributed by atoms with E-state index in [1.54, 1.807) is 40.5 Å². The first-order valence-corrected chi connectivity index (χ1v) is 9.19. The number of primary amides is 1. The summed E-state index contributed by atoms with van der Waals surface area (Å²) in [5.41, 5.74) is 12.9. The molecule has 1 saturated heterocycles. The Labute approximate surface area is 166 Å². The van der Waals surface area contributed by atoms with Gasteiger partial charge >= 0.3 is 6.03 Å². The summed E-state index contributed by atoms with van der Waals surface area (Å²) in [6, 6.07) is 6.56. The molecule has 1 fully saturated rings. The number of urea groups is 1. The smallest absolute Gasteiger partial charge is 0.329 e. The molecule has 1 atom stereocenters. The molecule has 2 aromatic rings. The molecule has 1 unspecified atom stereocenters. The number of nitrogens with one attached hydrogen (secondary N) is 3. The predicted molar refractivity (Wildman–Crippen MR) is 107 cm³/mol. The Bertz CT molecular complexity index is 1020. The maximum Gasteiger partial charge on any atom is 0.329 e. The van der Waals surface area contributed by atoms with Crippen molar-refractivity contribution >= 4 is 34.9 Å². The van der Waals surface area contributed by atoms with Gasteiger partial charge in [0, 0.05) is 37.8 Å². The van der Waals surface area contributed by atoms with Gasteiger partial charge in [-0.15, -0.1) is 5.53 Å². The first kappa shape index (κ1) is 17.3. The second kappa shape index (κ2) is 6.63. The number of fused-ring (bicyclic) bond motifs is 4. The first-order valence-electron chi connectivity index (χ1n) is 9.19. The minimum Gasteiger partial charge on any atom is -0.366 e. The third-order valence-corrected chi connectivity index (χ3v) is 5.17. The topological polar surface area (TPSA) is 132 Å². The molecule has 3 amide bonds. The SMILES string of the molecule is NC(=O)c1ccc2c(n1)N(C(=O)Nc1cc(N3C=CNN3)ccn1)C1CCN2C1. The highest BCUT2D eigenvalue weighted by atomic mass is 16.2. The Kier molecular flexibility index (Phi) is 3.95. The van der Waals surface area contributed by atoms with Gasteiger partial charge in [0.2, 0.25) is 0 Å². The molecule has 5 N–H and O–H groups in total. The average Bonchev–Trinajstić information content (AvgIpc) is 3.39. The van der Waals surface area contributed by atoms with Gasteiger partial charge in [0.05, 0.1) is 17.4 Å². The fourth-order valence-electron chi connectivity index (χ4n) is 3.82. The number of anilines is 4. The molecule has 5 rings (SSSR count). The number of hydrazine groups is 2. The lowest BCUT2D eigenvalue weighted by atomic mass is 10.1. The van der Waals surface area contributed by atoms with Crippen LogP contribution in [0.1, 0.15) is 16.9 Å². The maximum atomic E-state index is 13.2. The summed E-state index contributed by atoms with van der Waals surface area (Å²) in [5, 5.41) is 4.60. The number of nitrogens with zero attached hydrogens (tertiary/aromatic N) is 5. The van der Waals surface area contributed by atoms with E-state index in [9.17, 15) is 9.59 Å². The Balaban J connectivity index is 1.44. The predicted octanol–water partition coefficient (Wildman–Crippen LogP) is 0.507. The van der Waals surface area contributed by atoms with E-state index >= 15 is 0 Å². The quantitative estimate of drug-likeness (QED) is 0.593. The van der Waals surface area contributed by atoms with Gasteiger partial charge in [-0.3, -0.25) is 20.0 Å². The van der Waals surface area contributed by atoms with Gasteiger partial charge in [-0.2, -0.15) is 0 Å². The lowest BCUT2D eigenvalue weighted by Crippen LogP contribution is -2.48. The largest absolute Gasteiger partial charge is 0.366 e. The molecule has 5 heterocycles. The van der Waals surface area contributed by atoms with Crippen LogP contribution in [0.15, 0.2) is 42.9 Å². The van der Waals surface area contributed by atoms with Gasteiger partial charge in [-0.1, -0.05) is 0 Å². The van der Waals surface area contributed by atoms with Crippen LogP contribution in [0.2, 0.25) is 0 Å². The summed E-state index contributed by atoms with van der Waals surface area (Å²) in [5.74, 6) is 0.218. The van der Waals surface area contributed by atoms with Crippen molar-refractivity contribution in [2.24, 2.45) is 5.73 Å². The van der Waals surface area contributed by atoms with Gasteiger partial charge in [-0.05, 0) is 24.6 Å². The van der Waals surface area contributed by atoms with Crippen LogP contribution in [0.5, 0.6) is 0 Å². The van der Waals surface area contributed by atoms with Gasteiger partial charge in [0.1, 0.15) is 11.5 Å². The average molecular weight is 393 g/mol. The monoisotopic (exact) mass is 393 g/mol. The standard InChI is InChI=1S/C18H19N9O2/c19-16(28)13-1-2-14-17(22-13)27(12-4-7-25(14)10-12)18(29)23-15-9-11(3-5-20-15)26-8-6-21-24-26/h1-3,5-6,8-9,12,21,24H,4,7,10H2,(H2,19,28)(H,20,23,29). The molecular weight excluding hydrogens is 374 g/mol. The summed E-state index contributed by atoms with van der Waals surface area (Å²) in [4.78, 5) is 37.2. The van der Waals surface area contributed by atoms with Crippen molar-refractivity contribution < 1.29 is 9.59 Å². The number of carbonyl (C=O) groups excluding carboxylic acids is 2. The molecule has 0 aliphatic carbocycles. The van der Waals surface area contributed by atoms with Crippen LogP contribution in [-0.4, -0.2) is 41.0 Å². The Morgan fingerprint density at radius 1 is 1.28 bits per heavy atom. The fourth-order valence-corrected chi connectivity index (χ4v) is 3.82. The van der Waals surface area contributed by atoms with Crippen molar-refractivity contribution in [2.45, 2.75) is 12.5 Å². The number of nitrogens with two attached hydrogens (primary N) is 1. The molecular formula is C18H19N9O2. The van der Waals surface area contributed by atoms with Crippen molar-refractivity contribution in [2.75, 3.05) is 33.2 Å². The summed E-state index contributed by atoms with van der Waals surface area (Å²) in [7, 11) is 0. The molecule has 0 aromatic carbocycles. The molecule has 11 nitrogen and oxygen atoms in total. The molecule has 3 aliphatic heterocycles. The molecule has 3 aliphatic rings. The highest BCUT2D eigenvalue weighted by Gasteiger charge is 2.40. The number of rotatable bonds is 3. The van der Waals surface area contributed by atoms with E-state index in [4.69, 9.17) is 5.73 Å². The van der Waals surface area contributed by atoms with E-state index in [0.29, 0.717) is 11.6 Å². The van der Waals surface area contributed by atoms with Gasteiger partial charge in [-0.25, -0.2) is 14.8 Å². The molecule has 29 heavy (non-hydrogen) atoms. The van der Waals surface area contributed by atoms with Crippen LogP contribution in [0.3, 0.4) is 0 Å². The van der Waals surface area contributed by atoms with Crippen LogP contribution >= 0.6 is 0 Å². The molecule has 2 aromatic heterocycles. The second-order valence-electron chi connectivity index (χ2n) is 6.93. The number of carbonyl (C=O) groups is 2. The summed E-state index contributed by atoms with van der Waals surface area (Å²) in [6.45, 7) is 1.55. The minimum atomic E-state index is -0.629. The van der Waals surface area contributed by atoms with E-state index < -0.39 is 5.91 Å². The third-order valence-electron chi connectivity index (χ3n) is 5.17. The molecule has 0 spiro atoms. The summed E-state index contributed by atoms with van der Waals surface area (Å²) in [6.07, 6.45) is 5.99. The Morgan fingerprint density at radius 3 is 2.97 bits per heavy atom. The van der Waals surface area contributed by atoms with Gasteiger partial charge in [0.15, 0.2) is 5.82 Å². The second-order valence-corrected chi connectivity index (χ2v) is 6.93. The molecule has 0 radical (unpaired) electrons. The Hall–Kier alpha value is -3.86. The number of amides is 3. The summed E-state index contributed by atoms with van der Waals surface area (Å²) >= 11 is 0. The van der Waals surface area contributed by atoms with Crippen LogP contribution in [0.4, 0.5) is 27.8 Å². The zero-order valence-electron chi connectivity index (χ0n) is 15.4. The lowest BCUT2D eigenvalue weighted by molar-refractivity contribution is 0.0995. The molecule has 2 bridgehead atoms. The number of aromatic nitrogens is 2. The minimum absolute atomic E-state index is 0.0336. The van der Waals surface area contributed by atoms with E-state index in [-0.39, 0.29) is 17.8 Å². The van der Waals surface area contributed by atoms with Crippen molar-refractivity contribution in [3.63, 3.8) is 0 Å². The highest BCUT2D eigenvalue weighted by Crippen LogP contribution is 2.39. The number of hydrogen-bond donors (Lipinski definition) is 4. The van der Waals surface area contributed by atoms with Gasteiger partial charge < -0.3 is 16.1 Å². The van der Waals surface area contributed by atoms with Gasteiger partial charge in [0.25, 0.3) is 5.91 Å². The first-order chi connectivity index (χ1) is 14.1. The summed E-state index contributed by atoms with van der Waals surface area (Å²) < 4.78 is 0. The van der Waals surface area contributed by atoms with Crippen LogP contribution in [-0.2, 0) is 0 Å². The lowest BCUT2D eigenvalue weighted by Gasteiger charge is -2.35. The van der Waals surface area contributed by atoms with Crippen molar-refractivity contribution in [1.82, 2.24) is 20.9 Å². The Morgan fingerprint density at radius 2 is 2.17 bits per heavy atom. The third kappa shape index (κ3) is 2.97. The van der Waals surface area contributed by atoms with E-state index in [1.807, 2.05) is 12.3 Å². The van der Waals surface area contributed by atoms with Crippen molar-refractivity contribution in [3.8, 4) is 0 Å². The normalized spacial score (nSPS) is 19.2. The number of pyridine rings is 2. The zero-order valence-corrected chi connectivity index (χ0v) is 15.4.